The minimum Gasteiger partial charge on any atom is -0.399 e. The van der Waals surface area contributed by atoms with E-state index in [1.54, 1.807) is 0 Å². The molecule has 2 N–H and O–H groups in total. The largest absolute Gasteiger partial charge is 0.399 e. The predicted octanol–water partition coefficient (Wildman–Crippen LogP) is 2.05. The second kappa shape index (κ2) is 3.89. The molecule has 0 saturated carbocycles. The fraction of sp³-hybridized carbons (Fsp3) is 0.250. The standard InChI is InChI=1S/C12H14N4/c1-7-6-10(4-5-11(7)13)12-15-8(2)14-9(3)16-12/h4-6H,13H2,1-3H3. The van der Waals surface area contributed by atoms with Gasteiger partial charge in [-0.15, -0.1) is 0 Å². The fourth-order valence-corrected chi connectivity index (χ4v) is 1.56. The molecule has 1 aromatic carbocycles. The van der Waals surface area contributed by atoms with E-state index in [9.17, 15) is 0 Å². The van der Waals surface area contributed by atoms with Crippen LogP contribution in [0.25, 0.3) is 11.4 Å². The number of aromatic nitrogens is 3. The molecule has 0 unspecified atom stereocenters. The van der Waals surface area contributed by atoms with Gasteiger partial charge >= 0.3 is 0 Å². The molecule has 0 aliphatic rings. The summed E-state index contributed by atoms with van der Waals surface area (Å²) in [5, 5.41) is 0. The van der Waals surface area contributed by atoms with E-state index in [0.29, 0.717) is 5.82 Å². The lowest BCUT2D eigenvalue weighted by Crippen LogP contribution is -1.99. The molecule has 0 bridgehead atoms. The Balaban J connectivity index is 2.54. The SMILES string of the molecule is Cc1nc(C)nc(-c2ccc(N)c(C)c2)n1. The molecule has 0 spiro atoms. The Hall–Kier alpha value is -1.97. The molecule has 0 saturated heterocycles. The maximum absolute atomic E-state index is 5.77. The molecule has 0 amide bonds. The second-order valence-electron chi connectivity index (χ2n) is 3.82. The quantitative estimate of drug-likeness (QED) is 0.738. The average Bonchev–Trinajstić information content (AvgIpc) is 2.20. The molecule has 16 heavy (non-hydrogen) atoms. The number of aryl methyl sites for hydroxylation is 3. The molecular weight excluding hydrogens is 200 g/mol. The van der Waals surface area contributed by atoms with Crippen LogP contribution < -0.4 is 5.73 Å². The van der Waals surface area contributed by atoms with E-state index >= 15 is 0 Å². The predicted molar refractivity (Wildman–Crippen MR) is 63.9 cm³/mol. The van der Waals surface area contributed by atoms with Gasteiger partial charge in [0.05, 0.1) is 0 Å². The monoisotopic (exact) mass is 214 g/mol. The van der Waals surface area contributed by atoms with Crippen molar-refractivity contribution >= 4 is 5.69 Å². The number of anilines is 1. The van der Waals surface area contributed by atoms with Crippen LogP contribution in [0.5, 0.6) is 0 Å². The first-order valence-electron chi connectivity index (χ1n) is 5.12. The van der Waals surface area contributed by atoms with Crippen molar-refractivity contribution in [1.29, 1.82) is 0 Å². The number of nitrogen functional groups attached to an aromatic ring is 1. The molecule has 4 nitrogen and oxygen atoms in total. The highest BCUT2D eigenvalue weighted by Gasteiger charge is 2.05. The van der Waals surface area contributed by atoms with Crippen LogP contribution in [0.2, 0.25) is 0 Å². The Kier molecular flexibility index (Phi) is 2.56. The summed E-state index contributed by atoms with van der Waals surface area (Å²) in [5.74, 6) is 2.17. The van der Waals surface area contributed by atoms with Gasteiger partial charge in [0.25, 0.3) is 0 Å². The Morgan fingerprint density at radius 1 is 0.938 bits per heavy atom. The first kappa shape index (κ1) is 10.5. The van der Waals surface area contributed by atoms with Gasteiger partial charge in [0, 0.05) is 11.3 Å². The molecular formula is C12H14N4. The van der Waals surface area contributed by atoms with Crippen molar-refractivity contribution in [2.75, 3.05) is 5.73 Å². The van der Waals surface area contributed by atoms with Gasteiger partial charge in [-0.3, -0.25) is 0 Å². The summed E-state index contributed by atoms with van der Waals surface area (Å²) in [6.07, 6.45) is 0. The highest BCUT2D eigenvalue weighted by molar-refractivity contribution is 5.61. The fourth-order valence-electron chi connectivity index (χ4n) is 1.56. The van der Waals surface area contributed by atoms with Crippen LogP contribution in [0.1, 0.15) is 17.2 Å². The summed E-state index contributed by atoms with van der Waals surface area (Å²) in [4.78, 5) is 12.8. The van der Waals surface area contributed by atoms with Crippen LogP contribution in [0.3, 0.4) is 0 Å². The van der Waals surface area contributed by atoms with Crippen molar-refractivity contribution in [3.05, 3.63) is 35.4 Å². The summed E-state index contributed by atoms with van der Waals surface area (Å²) >= 11 is 0. The van der Waals surface area contributed by atoms with Crippen molar-refractivity contribution in [2.24, 2.45) is 0 Å². The van der Waals surface area contributed by atoms with E-state index in [4.69, 9.17) is 5.73 Å². The lowest BCUT2D eigenvalue weighted by atomic mass is 10.1. The number of benzene rings is 1. The Morgan fingerprint density at radius 3 is 2.12 bits per heavy atom. The van der Waals surface area contributed by atoms with Crippen molar-refractivity contribution < 1.29 is 0 Å². The van der Waals surface area contributed by atoms with Crippen LogP contribution in [0.4, 0.5) is 5.69 Å². The Bertz CT molecular complexity index is 514. The third kappa shape index (κ3) is 2.00. The molecule has 0 fully saturated rings. The minimum absolute atomic E-state index is 0.702. The third-order valence-corrected chi connectivity index (χ3v) is 2.39. The number of hydrogen-bond donors (Lipinski definition) is 1. The first-order chi connectivity index (χ1) is 7.56. The zero-order chi connectivity index (χ0) is 11.7. The van der Waals surface area contributed by atoms with Crippen LogP contribution in [-0.2, 0) is 0 Å². The van der Waals surface area contributed by atoms with E-state index in [2.05, 4.69) is 15.0 Å². The smallest absolute Gasteiger partial charge is 0.163 e. The zero-order valence-electron chi connectivity index (χ0n) is 9.65. The number of nitrogens with two attached hydrogens (primary N) is 1. The number of hydrogen-bond acceptors (Lipinski definition) is 4. The second-order valence-corrected chi connectivity index (χ2v) is 3.82. The van der Waals surface area contributed by atoms with Gasteiger partial charge in [0.15, 0.2) is 5.82 Å². The third-order valence-electron chi connectivity index (χ3n) is 2.39. The number of nitrogens with zero attached hydrogens (tertiary/aromatic N) is 3. The van der Waals surface area contributed by atoms with E-state index < -0.39 is 0 Å². The first-order valence-corrected chi connectivity index (χ1v) is 5.12. The molecule has 2 aromatic rings. The van der Waals surface area contributed by atoms with Crippen molar-refractivity contribution in [2.45, 2.75) is 20.8 Å². The molecule has 0 aliphatic heterocycles. The maximum atomic E-state index is 5.77. The van der Waals surface area contributed by atoms with Gasteiger partial charge in [0.1, 0.15) is 11.6 Å². The van der Waals surface area contributed by atoms with Gasteiger partial charge in [-0.05, 0) is 44.5 Å². The lowest BCUT2D eigenvalue weighted by molar-refractivity contribution is 0.928. The maximum Gasteiger partial charge on any atom is 0.163 e. The van der Waals surface area contributed by atoms with Crippen molar-refractivity contribution in [3.8, 4) is 11.4 Å². The van der Waals surface area contributed by atoms with Crippen LogP contribution in [-0.4, -0.2) is 15.0 Å². The number of rotatable bonds is 1. The molecule has 0 radical (unpaired) electrons. The molecule has 0 atom stereocenters. The lowest BCUT2D eigenvalue weighted by Gasteiger charge is -2.05. The Labute approximate surface area is 94.6 Å². The van der Waals surface area contributed by atoms with Crippen LogP contribution in [0, 0.1) is 20.8 Å². The molecule has 82 valence electrons. The summed E-state index contributed by atoms with van der Waals surface area (Å²) in [6, 6.07) is 5.79. The molecule has 2 rings (SSSR count). The highest BCUT2D eigenvalue weighted by Crippen LogP contribution is 2.20. The Morgan fingerprint density at radius 2 is 1.56 bits per heavy atom. The van der Waals surface area contributed by atoms with Crippen molar-refractivity contribution in [3.63, 3.8) is 0 Å². The summed E-state index contributed by atoms with van der Waals surface area (Å²) < 4.78 is 0. The summed E-state index contributed by atoms with van der Waals surface area (Å²) in [6.45, 7) is 5.70. The molecule has 0 aliphatic carbocycles. The van der Waals surface area contributed by atoms with Gasteiger partial charge in [-0.1, -0.05) is 0 Å². The van der Waals surface area contributed by atoms with Crippen LogP contribution in [0.15, 0.2) is 18.2 Å². The van der Waals surface area contributed by atoms with E-state index in [0.717, 1.165) is 28.5 Å². The molecule has 1 heterocycles. The summed E-state index contributed by atoms with van der Waals surface area (Å²) in [7, 11) is 0. The van der Waals surface area contributed by atoms with Gasteiger partial charge in [0.2, 0.25) is 0 Å². The van der Waals surface area contributed by atoms with E-state index in [1.807, 2.05) is 39.0 Å². The topological polar surface area (TPSA) is 64.7 Å². The van der Waals surface area contributed by atoms with Gasteiger partial charge < -0.3 is 5.73 Å². The minimum atomic E-state index is 0.702. The highest BCUT2D eigenvalue weighted by atomic mass is 15.0. The van der Waals surface area contributed by atoms with Crippen molar-refractivity contribution in [1.82, 2.24) is 15.0 Å². The van der Waals surface area contributed by atoms with Gasteiger partial charge in [-0.2, -0.15) is 0 Å². The zero-order valence-corrected chi connectivity index (χ0v) is 9.65. The van der Waals surface area contributed by atoms with E-state index in [1.165, 1.54) is 0 Å². The van der Waals surface area contributed by atoms with Crippen LogP contribution >= 0.6 is 0 Å². The molecule has 4 heteroatoms. The van der Waals surface area contributed by atoms with Gasteiger partial charge in [-0.25, -0.2) is 15.0 Å². The molecule has 1 aromatic heterocycles. The average molecular weight is 214 g/mol. The summed E-state index contributed by atoms with van der Waals surface area (Å²) in [5.41, 5.74) is 8.56. The van der Waals surface area contributed by atoms with E-state index in [-0.39, 0.29) is 0 Å². The normalized spacial score (nSPS) is 10.4.